The van der Waals surface area contributed by atoms with E-state index in [0.717, 1.165) is 15.8 Å². The molecule has 0 saturated heterocycles. The van der Waals surface area contributed by atoms with Gasteiger partial charge in [0.25, 0.3) is 5.91 Å². The van der Waals surface area contributed by atoms with E-state index in [-0.39, 0.29) is 12.5 Å². The fraction of sp³-hybridized carbons (Fsp3) is 0.133. The predicted octanol–water partition coefficient (Wildman–Crippen LogP) is 3.67. The lowest BCUT2D eigenvalue weighted by molar-refractivity contribution is -0.118. The third kappa shape index (κ3) is 3.18. The average molecular weight is 334 g/mol. The second-order valence-electron chi connectivity index (χ2n) is 4.62. The fourth-order valence-electron chi connectivity index (χ4n) is 1.88. The molecule has 0 aliphatic carbocycles. The largest absolute Gasteiger partial charge is 0.467 e. The Morgan fingerprint density at radius 1 is 1.36 bits per heavy atom. The van der Waals surface area contributed by atoms with Gasteiger partial charge in [0, 0.05) is 10.7 Å². The number of hydrogen-bond acceptors (Lipinski definition) is 5. The number of carbonyl (C=O) groups is 1. The number of hydrogen-bond donors (Lipinski definition) is 1. The van der Waals surface area contributed by atoms with Crippen molar-refractivity contribution in [2.24, 2.45) is 0 Å². The number of aryl methyl sites for hydroxylation is 1. The molecule has 0 unspecified atom stereocenters. The molecule has 0 radical (unpaired) electrons. The summed E-state index contributed by atoms with van der Waals surface area (Å²) in [6, 6.07) is 7.21. The molecule has 5 nitrogen and oxygen atoms in total. The molecule has 2 aromatic heterocycles. The lowest BCUT2D eigenvalue weighted by Gasteiger charge is -2.08. The molecule has 0 aliphatic rings. The van der Waals surface area contributed by atoms with Gasteiger partial charge in [0.2, 0.25) is 5.88 Å². The zero-order chi connectivity index (χ0) is 15.5. The van der Waals surface area contributed by atoms with Gasteiger partial charge in [-0.25, -0.2) is 9.97 Å². The second kappa shape index (κ2) is 6.29. The van der Waals surface area contributed by atoms with E-state index in [1.54, 1.807) is 12.1 Å². The number of amides is 1. The zero-order valence-corrected chi connectivity index (χ0v) is 13.2. The Hall–Kier alpha value is -2.18. The van der Waals surface area contributed by atoms with E-state index in [9.17, 15) is 4.79 Å². The number of rotatable bonds is 4. The average Bonchev–Trinajstić information content (AvgIpc) is 2.98. The van der Waals surface area contributed by atoms with Crippen LogP contribution in [-0.2, 0) is 4.79 Å². The van der Waals surface area contributed by atoms with Crippen LogP contribution < -0.4 is 10.1 Å². The van der Waals surface area contributed by atoms with Crippen molar-refractivity contribution in [1.29, 1.82) is 0 Å². The lowest BCUT2D eigenvalue weighted by atomic mass is 10.2. The molecule has 0 aliphatic heterocycles. The number of nitrogens with one attached hydrogen (secondary N) is 1. The molecule has 0 saturated carbocycles. The topological polar surface area (TPSA) is 64.1 Å². The number of benzene rings is 1. The summed E-state index contributed by atoms with van der Waals surface area (Å²) in [5.41, 5.74) is 1.59. The van der Waals surface area contributed by atoms with Gasteiger partial charge in [0.1, 0.15) is 11.2 Å². The number of anilines is 1. The van der Waals surface area contributed by atoms with E-state index in [1.165, 1.54) is 17.7 Å². The summed E-state index contributed by atoms with van der Waals surface area (Å²) < 4.78 is 5.48. The van der Waals surface area contributed by atoms with Gasteiger partial charge >= 0.3 is 0 Å². The van der Waals surface area contributed by atoms with E-state index in [1.807, 2.05) is 24.4 Å². The van der Waals surface area contributed by atoms with E-state index in [0.29, 0.717) is 16.6 Å². The van der Waals surface area contributed by atoms with Crippen molar-refractivity contribution in [2.45, 2.75) is 6.92 Å². The number of carbonyl (C=O) groups excluding carboxylic acids is 1. The molecule has 7 heteroatoms. The quantitative estimate of drug-likeness (QED) is 0.791. The van der Waals surface area contributed by atoms with Crippen LogP contribution in [0.3, 0.4) is 0 Å². The highest BCUT2D eigenvalue weighted by atomic mass is 35.5. The van der Waals surface area contributed by atoms with Crippen LogP contribution in [0.15, 0.2) is 36.0 Å². The first-order chi connectivity index (χ1) is 10.6. The Kier molecular flexibility index (Phi) is 4.22. The van der Waals surface area contributed by atoms with Crippen molar-refractivity contribution in [3.8, 4) is 5.88 Å². The van der Waals surface area contributed by atoms with Crippen molar-refractivity contribution in [1.82, 2.24) is 9.97 Å². The first kappa shape index (κ1) is 14.7. The first-order valence-corrected chi connectivity index (χ1v) is 7.76. The minimum absolute atomic E-state index is 0.131. The standard InChI is InChI=1S/C15H12ClN3O2S/c1-9-2-3-10(6-12(9)16)19-13(20)7-21-14-11-4-5-22-15(11)18-8-17-14/h2-6,8H,7H2,1H3,(H,19,20). The predicted molar refractivity (Wildman–Crippen MR) is 87.7 cm³/mol. The number of halogens is 1. The molecule has 0 atom stereocenters. The summed E-state index contributed by atoms with van der Waals surface area (Å²) >= 11 is 7.52. The van der Waals surface area contributed by atoms with Crippen LogP contribution in [0.5, 0.6) is 5.88 Å². The molecule has 112 valence electrons. The monoisotopic (exact) mass is 333 g/mol. The maximum absolute atomic E-state index is 11.9. The SMILES string of the molecule is Cc1ccc(NC(=O)COc2ncnc3sccc23)cc1Cl. The highest BCUT2D eigenvalue weighted by Gasteiger charge is 2.09. The summed E-state index contributed by atoms with van der Waals surface area (Å²) in [6.07, 6.45) is 1.42. The van der Waals surface area contributed by atoms with Gasteiger partial charge < -0.3 is 10.1 Å². The van der Waals surface area contributed by atoms with Gasteiger partial charge in [0.15, 0.2) is 6.61 Å². The third-order valence-corrected chi connectivity index (χ3v) is 4.25. The number of nitrogens with zero attached hydrogens (tertiary/aromatic N) is 2. The Morgan fingerprint density at radius 3 is 3.05 bits per heavy atom. The molecular weight excluding hydrogens is 322 g/mol. The van der Waals surface area contributed by atoms with Crippen molar-refractivity contribution in [3.05, 3.63) is 46.6 Å². The molecule has 0 bridgehead atoms. The Bertz CT molecular complexity index is 835. The van der Waals surface area contributed by atoms with Gasteiger partial charge in [-0.1, -0.05) is 17.7 Å². The number of ether oxygens (including phenoxy) is 1. The number of fused-ring (bicyclic) bond motifs is 1. The van der Waals surface area contributed by atoms with Gasteiger partial charge in [-0.3, -0.25) is 4.79 Å². The molecule has 3 aromatic rings. The maximum Gasteiger partial charge on any atom is 0.262 e. The summed E-state index contributed by atoms with van der Waals surface area (Å²) in [7, 11) is 0. The molecule has 2 heterocycles. The maximum atomic E-state index is 11.9. The van der Waals surface area contributed by atoms with Crippen LogP contribution in [0.2, 0.25) is 5.02 Å². The van der Waals surface area contributed by atoms with Gasteiger partial charge in [0.05, 0.1) is 5.39 Å². The smallest absolute Gasteiger partial charge is 0.262 e. The van der Waals surface area contributed by atoms with E-state index in [4.69, 9.17) is 16.3 Å². The van der Waals surface area contributed by atoms with E-state index >= 15 is 0 Å². The van der Waals surface area contributed by atoms with Crippen LogP contribution in [0.1, 0.15) is 5.56 Å². The summed E-state index contributed by atoms with van der Waals surface area (Å²) in [5.74, 6) is 0.130. The Balaban J connectivity index is 1.65. The molecular formula is C15H12ClN3O2S. The third-order valence-electron chi connectivity index (χ3n) is 3.02. The molecule has 3 rings (SSSR count). The first-order valence-electron chi connectivity index (χ1n) is 6.50. The molecule has 1 N–H and O–H groups in total. The summed E-state index contributed by atoms with van der Waals surface area (Å²) in [6.45, 7) is 1.77. The van der Waals surface area contributed by atoms with Crippen molar-refractivity contribution < 1.29 is 9.53 Å². The fourth-order valence-corrected chi connectivity index (χ4v) is 2.79. The molecule has 0 spiro atoms. The van der Waals surface area contributed by atoms with Crippen molar-refractivity contribution >= 4 is 44.7 Å². The normalized spacial score (nSPS) is 10.6. The minimum Gasteiger partial charge on any atom is -0.467 e. The van der Waals surface area contributed by atoms with Crippen molar-refractivity contribution in [3.63, 3.8) is 0 Å². The highest BCUT2D eigenvalue weighted by Crippen LogP contribution is 2.25. The molecule has 1 amide bonds. The molecule has 22 heavy (non-hydrogen) atoms. The minimum atomic E-state index is -0.276. The van der Waals surface area contributed by atoms with Crippen LogP contribution in [-0.4, -0.2) is 22.5 Å². The second-order valence-corrected chi connectivity index (χ2v) is 5.92. The molecule has 0 fully saturated rings. The van der Waals surface area contributed by atoms with Gasteiger partial charge in [-0.15, -0.1) is 11.3 Å². The van der Waals surface area contributed by atoms with Gasteiger partial charge in [-0.05, 0) is 36.1 Å². The van der Waals surface area contributed by atoms with Crippen LogP contribution >= 0.6 is 22.9 Å². The van der Waals surface area contributed by atoms with Crippen LogP contribution in [0.4, 0.5) is 5.69 Å². The number of aromatic nitrogens is 2. The van der Waals surface area contributed by atoms with E-state index < -0.39 is 0 Å². The van der Waals surface area contributed by atoms with Crippen LogP contribution in [0, 0.1) is 6.92 Å². The lowest BCUT2D eigenvalue weighted by Crippen LogP contribution is -2.20. The Morgan fingerprint density at radius 2 is 2.23 bits per heavy atom. The number of thiophene rings is 1. The van der Waals surface area contributed by atoms with Crippen LogP contribution in [0.25, 0.3) is 10.2 Å². The Labute approximate surface area is 135 Å². The molecule has 1 aromatic carbocycles. The van der Waals surface area contributed by atoms with Crippen molar-refractivity contribution in [2.75, 3.05) is 11.9 Å². The van der Waals surface area contributed by atoms with Gasteiger partial charge in [-0.2, -0.15) is 0 Å². The zero-order valence-electron chi connectivity index (χ0n) is 11.7. The summed E-state index contributed by atoms with van der Waals surface area (Å²) in [5, 5.41) is 6.05. The van der Waals surface area contributed by atoms with E-state index in [2.05, 4.69) is 15.3 Å². The highest BCUT2D eigenvalue weighted by molar-refractivity contribution is 7.16. The summed E-state index contributed by atoms with van der Waals surface area (Å²) in [4.78, 5) is 20.9.